The lowest BCUT2D eigenvalue weighted by Gasteiger charge is -2.42. The van der Waals surface area contributed by atoms with Crippen LogP contribution in [0.15, 0.2) is 54.6 Å². The van der Waals surface area contributed by atoms with Crippen molar-refractivity contribution < 1.29 is 0 Å². The van der Waals surface area contributed by atoms with Crippen LogP contribution in [0.25, 0.3) is 10.8 Å². The van der Waals surface area contributed by atoms with Crippen LogP contribution >= 0.6 is 0 Å². The largest absolute Gasteiger partial charge is 0.198 e. The average Bonchev–Trinajstić information content (AvgIpc) is 2.54. The van der Waals surface area contributed by atoms with Gasteiger partial charge >= 0.3 is 0 Å². The van der Waals surface area contributed by atoms with Crippen LogP contribution < -0.4 is 0 Å². The van der Waals surface area contributed by atoms with E-state index in [0.717, 1.165) is 0 Å². The Hall–Kier alpha value is -2.07. The Balaban J connectivity index is 1.82. The Labute approximate surface area is 119 Å². The number of hydrogen-bond acceptors (Lipinski definition) is 1. The number of benzene rings is 2. The Morgan fingerprint density at radius 1 is 0.900 bits per heavy atom. The summed E-state index contributed by atoms with van der Waals surface area (Å²) in [6, 6.07) is 17.8. The molecule has 1 fully saturated rings. The molecule has 20 heavy (non-hydrogen) atoms. The van der Waals surface area contributed by atoms with E-state index in [1.165, 1.54) is 29.2 Å². The highest BCUT2D eigenvalue weighted by molar-refractivity contribution is 5.83. The maximum Gasteiger partial charge on any atom is 0.0668 e. The topological polar surface area (TPSA) is 23.8 Å². The third-order valence-corrected chi connectivity index (χ3v) is 5.06. The molecular weight excluding hydrogens is 242 g/mol. The molecule has 0 spiro atoms. The third-order valence-electron chi connectivity index (χ3n) is 5.06. The Morgan fingerprint density at radius 2 is 1.65 bits per heavy atom. The van der Waals surface area contributed by atoms with E-state index in [-0.39, 0.29) is 5.92 Å². The van der Waals surface area contributed by atoms with Crippen molar-refractivity contribution in [3.05, 3.63) is 60.2 Å². The van der Waals surface area contributed by atoms with Gasteiger partial charge in [0, 0.05) is 5.92 Å². The molecule has 0 radical (unpaired) electrons. The van der Waals surface area contributed by atoms with Gasteiger partial charge in [0.25, 0.3) is 0 Å². The molecule has 0 saturated heterocycles. The van der Waals surface area contributed by atoms with Gasteiger partial charge in [0.05, 0.1) is 12.0 Å². The van der Waals surface area contributed by atoms with Crippen molar-refractivity contribution in [2.45, 2.75) is 18.8 Å². The van der Waals surface area contributed by atoms with Gasteiger partial charge in [-0.25, -0.2) is 0 Å². The molecule has 5 rings (SSSR count). The van der Waals surface area contributed by atoms with Crippen LogP contribution in [-0.2, 0) is 0 Å². The van der Waals surface area contributed by atoms with Gasteiger partial charge in [-0.15, -0.1) is 0 Å². The number of rotatable bonds is 1. The summed E-state index contributed by atoms with van der Waals surface area (Å²) in [5, 5.41) is 12.1. The lowest BCUT2D eigenvalue weighted by atomic mass is 9.61. The Bertz CT molecular complexity index is 722. The van der Waals surface area contributed by atoms with Crippen molar-refractivity contribution in [3.63, 3.8) is 0 Å². The van der Waals surface area contributed by atoms with E-state index in [1.54, 1.807) is 0 Å². The standard InChI is InChI=1S/C19H17N/c20-12-18-14-6-8-15(9-7-14)19(18)17-10-5-13-3-1-2-4-16(13)11-17/h1-6,8,10-11,14-15,18-19H,7,9H2/t14-,15?,18-,19?/m0/s1. The van der Waals surface area contributed by atoms with Crippen molar-refractivity contribution in [2.24, 2.45) is 17.8 Å². The Kier molecular flexibility index (Phi) is 2.63. The van der Waals surface area contributed by atoms with Crippen LogP contribution in [0.5, 0.6) is 0 Å². The van der Waals surface area contributed by atoms with Gasteiger partial charge in [-0.1, -0.05) is 54.6 Å². The number of nitriles is 1. The SMILES string of the molecule is N#C[C@@H]1C(c2ccc3ccccc3c2)C2C=C[C@H]1CC2. The van der Waals surface area contributed by atoms with E-state index < -0.39 is 0 Å². The fourth-order valence-corrected chi connectivity index (χ4v) is 4.04. The summed E-state index contributed by atoms with van der Waals surface area (Å²) < 4.78 is 0. The predicted octanol–water partition coefficient (Wildman–Crippen LogP) is 4.66. The molecule has 0 amide bonds. The van der Waals surface area contributed by atoms with Crippen molar-refractivity contribution in [2.75, 3.05) is 0 Å². The molecule has 2 aromatic carbocycles. The van der Waals surface area contributed by atoms with Gasteiger partial charge in [-0.2, -0.15) is 5.26 Å². The molecule has 2 bridgehead atoms. The third kappa shape index (κ3) is 1.68. The first-order valence-electron chi connectivity index (χ1n) is 7.43. The second kappa shape index (κ2) is 4.49. The zero-order valence-electron chi connectivity index (χ0n) is 11.4. The van der Waals surface area contributed by atoms with E-state index in [1.807, 2.05) is 0 Å². The first-order chi connectivity index (χ1) is 9.86. The van der Waals surface area contributed by atoms with Crippen molar-refractivity contribution in [3.8, 4) is 6.07 Å². The molecule has 0 heterocycles. The van der Waals surface area contributed by atoms with Crippen LogP contribution in [-0.4, -0.2) is 0 Å². The lowest BCUT2D eigenvalue weighted by molar-refractivity contribution is 0.225. The summed E-state index contributed by atoms with van der Waals surface area (Å²) in [4.78, 5) is 0. The van der Waals surface area contributed by atoms with Gasteiger partial charge in [-0.3, -0.25) is 0 Å². The zero-order chi connectivity index (χ0) is 13.5. The Morgan fingerprint density at radius 3 is 2.40 bits per heavy atom. The highest BCUT2D eigenvalue weighted by atomic mass is 14.5. The second-order valence-electron chi connectivity index (χ2n) is 6.08. The second-order valence-corrected chi connectivity index (χ2v) is 6.08. The van der Waals surface area contributed by atoms with Gasteiger partial charge in [-0.05, 0) is 41.0 Å². The minimum atomic E-state index is 0.153. The van der Waals surface area contributed by atoms with E-state index in [9.17, 15) is 5.26 Å². The summed E-state index contributed by atoms with van der Waals surface area (Å²) >= 11 is 0. The van der Waals surface area contributed by atoms with E-state index in [4.69, 9.17) is 0 Å². The normalized spacial score (nSPS) is 31.4. The fourth-order valence-electron chi connectivity index (χ4n) is 4.04. The fraction of sp³-hybridized carbons (Fsp3) is 0.316. The molecule has 2 aromatic rings. The van der Waals surface area contributed by atoms with Gasteiger partial charge in [0.2, 0.25) is 0 Å². The quantitative estimate of drug-likeness (QED) is 0.683. The molecular formula is C19H17N. The molecule has 2 unspecified atom stereocenters. The van der Waals surface area contributed by atoms with Gasteiger partial charge < -0.3 is 0 Å². The van der Waals surface area contributed by atoms with Crippen LogP contribution in [0.1, 0.15) is 24.3 Å². The van der Waals surface area contributed by atoms with Crippen molar-refractivity contribution >= 4 is 10.8 Å². The first kappa shape index (κ1) is 11.7. The molecule has 3 aliphatic rings. The smallest absolute Gasteiger partial charge is 0.0668 e. The summed E-state index contributed by atoms with van der Waals surface area (Å²) in [5.41, 5.74) is 1.34. The molecule has 1 heteroatoms. The summed E-state index contributed by atoms with van der Waals surface area (Å²) in [7, 11) is 0. The maximum atomic E-state index is 9.57. The lowest BCUT2D eigenvalue weighted by Crippen LogP contribution is -2.34. The molecule has 4 atom stereocenters. The monoisotopic (exact) mass is 259 g/mol. The summed E-state index contributed by atoms with van der Waals surface area (Å²) in [6.45, 7) is 0. The number of nitrogens with zero attached hydrogens (tertiary/aromatic N) is 1. The van der Waals surface area contributed by atoms with Crippen LogP contribution in [0.4, 0.5) is 0 Å². The zero-order valence-corrected chi connectivity index (χ0v) is 11.4. The minimum Gasteiger partial charge on any atom is -0.198 e. The summed E-state index contributed by atoms with van der Waals surface area (Å²) in [5.74, 6) is 1.54. The average molecular weight is 259 g/mol. The molecule has 98 valence electrons. The van der Waals surface area contributed by atoms with Crippen LogP contribution in [0, 0.1) is 29.1 Å². The van der Waals surface area contributed by atoms with E-state index in [2.05, 4.69) is 60.7 Å². The highest BCUT2D eigenvalue weighted by Gasteiger charge is 2.41. The van der Waals surface area contributed by atoms with Gasteiger partial charge in [0.15, 0.2) is 0 Å². The minimum absolute atomic E-state index is 0.153. The van der Waals surface area contributed by atoms with Crippen LogP contribution in [0.3, 0.4) is 0 Å². The number of hydrogen-bond donors (Lipinski definition) is 0. The molecule has 3 aliphatic carbocycles. The number of allylic oxidation sites excluding steroid dienone is 2. The molecule has 0 N–H and O–H groups in total. The van der Waals surface area contributed by atoms with E-state index in [0.29, 0.717) is 17.8 Å². The van der Waals surface area contributed by atoms with Crippen molar-refractivity contribution in [1.29, 1.82) is 5.26 Å². The molecule has 1 nitrogen and oxygen atoms in total. The number of fused-ring (bicyclic) bond motifs is 3. The van der Waals surface area contributed by atoms with Crippen molar-refractivity contribution in [1.82, 2.24) is 0 Å². The predicted molar refractivity (Wildman–Crippen MR) is 81.1 cm³/mol. The van der Waals surface area contributed by atoms with E-state index >= 15 is 0 Å². The molecule has 0 aromatic heterocycles. The maximum absolute atomic E-state index is 9.57. The molecule has 0 aliphatic heterocycles. The summed E-state index contributed by atoms with van der Waals surface area (Å²) in [6.07, 6.45) is 7.04. The molecule has 1 saturated carbocycles. The van der Waals surface area contributed by atoms with Gasteiger partial charge in [0.1, 0.15) is 0 Å². The van der Waals surface area contributed by atoms with Crippen LogP contribution in [0.2, 0.25) is 0 Å². The highest BCUT2D eigenvalue weighted by Crippen LogP contribution is 2.49. The first-order valence-corrected chi connectivity index (χ1v) is 7.43.